The van der Waals surface area contributed by atoms with Crippen LogP contribution in [0.4, 0.5) is 0 Å². The van der Waals surface area contributed by atoms with Crippen molar-refractivity contribution in [3.05, 3.63) is 29.6 Å². The summed E-state index contributed by atoms with van der Waals surface area (Å²) in [5, 5.41) is 12.1. The quantitative estimate of drug-likeness (QED) is 0.723. The summed E-state index contributed by atoms with van der Waals surface area (Å²) in [6.07, 6.45) is 5.80. The molecule has 3 nitrogen and oxygen atoms in total. The van der Waals surface area contributed by atoms with Gasteiger partial charge in [0, 0.05) is 12.4 Å². The fourth-order valence-corrected chi connectivity index (χ4v) is 1.90. The van der Waals surface area contributed by atoms with Crippen LogP contribution >= 0.6 is 0 Å². The van der Waals surface area contributed by atoms with Crippen LogP contribution in [-0.2, 0) is 0 Å². The molecule has 0 atom stereocenters. The van der Waals surface area contributed by atoms with E-state index in [1.54, 1.807) is 6.20 Å². The lowest BCUT2D eigenvalue weighted by molar-refractivity contribution is 0.459. The number of pyridine rings is 1. The van der Waals surface area contributed by atoms with Gasteiger partial charge in [0.1, 0.15) is 6.07 Å². The molecule has 1 aliphatic heterocycles. The van der Waals surface area contributed by atoms with Crippen molar-refractivity contribution >= 4 is 0 Å². The summed E-state index contributed by atoms with van der Waals surface area (Å²) in [6.45, 7) is 2.14. The van der Waals surface area contributed by atoms with Gasteiger partial charge < -0.3 is 5.32 Å². The van der Waals surface area contributed by atoms with E-state index < -0.39 is 0 Å². The summed E-state index contributed by atoms with van der Waals surface area (Å²) in [5.74, 6) is 0.581. The van der Waals surface area contributed by atoms with E-state index in [4.69, 9.17) is 5.26 Å². The largest absolute Gasteiger partial charge is 0.317 e. The van der Waals surface area contributed by atoms with Gasteiger partial charge in [0.15, 0.2) is 0 Å². The van der Waals surface area contributed by atoms with Gasteiger partial charge in [-0.15, -0.1) is 0 Å². The van der Waals surface area contributed by atoms with E-state index in [9.17, 15) is 0 Å². The van der Waals surface area contributed by atoms with Crippen molar-refractivity contribution in [2.24, 2.45) is 0 Å². The highest BCUT2D eigenvalue weighted by molar-refractivity contribution is 5.30. The van der Waals surface area contributed by atoms with E-state index in [0.717, 1.165) is 25.9 Å². The maximum atomic E-state index is 8.76. The van der Waals surface area contributed by atoms with Gasteiger partial charge >= 0.3 is 0 Å². The minimum atomic E-state index is 0.581. The molecule has 0 spiro atoms. The second kappa shape index (κ2) is 4.21. The molecule has 0 saturated carbocycles. The lowest BCUT2D eigenvalue weighted by Gasteiger charge is -2.22. The molecule has 0 radical (unpaired) electrons. The van der Waals surface area contributed by atoms with Crippen molar-refractivity contribution in [3.8, 4) is 6.07 Å². The zero-order chi connectivity index (χ0) is 9.80. The van der Waals surface area contributed by atoms with Crippen molar-refractivity contribution in [2.45, 2.75) is 18.8 Å². The zero-order valence-corrected chi connectivity index (χ0v) is 8.03. The van der Waals surface area contributed by atoms with Crippen LogP contribution in [0.3, 0.4) is 0 Å². The Bertz CT molecular complexity index is 348. The van der Waals surface area contributed by atoms with Gasteiger partial charge in [0.2, 0.25) is 0 Å². The third-order valence-corrected chi connectivity index (χ3v) is 2.70. The normalized spacial score (nSPS) is 17.6. The zero-order valence-electron chi connectivity index (χ0n) is 8.03. The number of piperidine rings is 1. The summed E-state index contributed by atoms with van der Waals surface area (Å²) in [4.78, 5) is 4.09. The monoisotopic (exact) mass is 187 g/mol. The second-order valence-electron chi connectivity index (χ2n) is 3.64. The number of nitrogens with zero attached hydrogens (tertiary/aromatic N) is 2. The van der Waals surface area contributed by atoms with Gasteiger partial charge in [-0.25, -0.2) is 0 Å². The highest BCUT2D eigenvalue weighted by atomic mass is 14.9. The van der Waals surface area contributed by atoms with Crippen LogP contribution in [0, 0.1) is 11.3 Å². The molecular weight excluding hydrogens is 174 g/mol. The van der Waals surface area contributed by atoms with E-state index in [-0.39, 0.29) is 0 Å². The van der Waals surface area contributed by atoms with Crippen molar-refractivity contribution < 1.29 is 0 Å². The Morgan fingerprint density at radius 1 is 1.36 bits per heavy atom. The molecule has 1 aromatic heterocycles. The molecule has 2 heterocycles. The lowest BCUT2D eigenvalue weighted by atomic mass is 9.91. The molecule has 0 bridgehead atoms. The molecule has 14 heavy (non-hydrogen) atoms. The predicted octanol–water partition coefficient (Wildman–Crippen LogP) is 1.42. The number of rotatable bonds is 1. The Morgan fingerprint density at radius 2 is 2.14 bits per heavy atom. The number of nitrogens with one attached hydrogen (secondary N) is 1. The number of aromatic nitrogens is 1. The maximum absolute atomic E-state index is 8.76. The number of hydrogen-bond acceptors (Lipinski definition) is 3. The Labute approximate surface area is 83.8 Å². The van der Waals surface area contributed by atoms with Gasteiger partial charge in [0.05, 0.1) is 5.56 Å². The Kier molecular flexibility index (Phi) is 2.76. The molecule has 0 aromatic carbocycles. The Morgan fingerprint density at radius 3 is 2.86 bits per heavy atom. The topological polar surface area (TPSA) is 48.7 Å². The molecule has 0 unspecified atom stereocenters. The molecule has 0 aliphatic carbocycles. The molecule has 1 aliphatic rings. The Balaban J connectivity index is 2.18. The van der Waals surface area contributed by atoms with E-state index in [1.807, 2.05) is 12.3 Å². The molecule has 3 heteroatoms. The third-order valence-electron chi connectivity index (χ3n) is 2.70. The van der Waals surface area contributed by atoms with E-state index >= 15 is 0 Å². The smallest absolute Gasteiger partial charge is 0.101 e. The van der Waals surface area contributed by atoms with Crippen LogP contribution in [0.2, 0.25) is 0 Å². The average molecular weight is 187 g/mol. The molecular formula is C11H13N3. The average Bonchev–Trinajstić information content (AvgIpc) is 2.30. The van der Waals surface area contributed by atoms with E-state index in [0.29, 0.717) is 11.5 Å². The van der Waals surface area contributed by atoms with Crippen molar-refractivity contribution in [2.75, 3.05) is 13.1 Å². The third kappa shape index (κ3) is 1.91. The highest BCUT2D eigenvalue weighted by Gasteiger charge is 2.15. The summed E-state index contributed by atoms with van der Waals surface area (Å²) >= 11 is 0. The van der Waals surface area contributed by atoms with Gasteiger partial charge in [-0.1, -0.05) is 0 Å². The van der Waals surface area contributed by atoms with Crippen LogP contribution in [0.15, 0.2) is 18.5 Å². The molecule has 1 N–H and O–H groups in total. The van der Waals surface area contributed by atoms with Crippen LogP contribution in [0.1, 0.15) is 29.9 Å². The highest BCUT2D eigenvalue weighted by Crippen LogP contribution is 2.24. The molecule has 72 valence electrons. The van der Waals surface area contributed by atoms with Crippen molar-refractivity contribution in [1.29, 1.82) is 5.26 Å². The minimum Gasteiger partial charge on any atom is -0.317 e. The van der Waals surface area contributed by atoms with E-state index in [1.165, 1.54) is 5.56 Å². The predicted molar refractivity (Wildman–Crippen MR) is 53.8 cm³/mol. The van der Waals surface area contributed by atoms with Crippen LogP contribution in [0.25, 0.3) is 0 Å². The molecule has 2 rings (SSSR count). The van der Waals surface area contributed by atoms with Crippen LogP contribution < -0.4 is 5.32 Å². The summed E-state index contributed by atoms with van der Waals surface area (Å²) in [6, 6.07) is 4.09. The summed E-state index contributed by atoms with van der Waals surface area (Å²) in [5.41, 5.74) is 1.88. The molecule has 0 amide bonds. The summed E-state index contributed by atoms with van der Waals surface area (Å²) in [7, 11) is 0. The number of hydrogen-bond donors (Lipinski definition) is 1. The van der Waals surface area contributed by atoms with E-state index in [2.05, 4.69) is 16.4 Å². The maximum Gasteiger partial charge on any atom is 0.101 e. The van der Waals surface area contributed by atoms with Crippen LogP contribution in [-0.4, -0.2) is 18.1 Å². The first-order valence-corrected chi connectivity index (χ1v) is 4.96. The first kappa shape index (κ1) is 9.17. The lowest BCUT2D eigenvalue weighted by Crippen LogP contribution is -2.26. The first-order valence-electron chi connectivity index (χ1n) is 4.96. The molecule has 1 fully saturated rings. The fourth-order valence-electron chi connectivity index (χ4n) is 1.90. The Hall–Kier alpha value is -1.40. The minimum absolute atomic E-state index is 0.581. The van der Waals surface area contributed by atoms with Crippen LogP contribution in [0.5, 0.6) is 0 Å². The van der Waals surface area contributed by atoms with Gasteiger partial charge in [-0.05, 0) is 43.5 Å². The second-order valence-corrected chi connectivity index (χ2v) is 3.64. The van der Waals surface area contributed by atoms with Crippen molar-refractivity contribution in [1.82, 2.24) is 10.3 Å². The van der Waals surface area contributed by atoms with Gasteiger partial charge in [0.25, 0.3) is 0 Å². The fraction of sp³-hybridized carbons (Fsp3) is 0.455. The molecule has 1 aromatic rings. The number of nitriles is 1. The standard InChI is InChI=1S/C11H13N3/c12-6-9-5-11(8-14-7-9)10-1-3-13-4-2-10/h5,7-8,10,13H,1-4H2. The molecule has 1 saturated heterocycles. The van der Waals surface area contributed by atoms with Gasteiger partial charge in [-0.2, -0.15) is 5.26 Å². The van der Waals surface area contributed by atoms with Gasteiger partial charge in [-0.3, -0.25) is 4.98 Å². The SMILES string of the molecule is N#Cc1cncc(C2CCNCC2)c1. The summed E-state index contributed by atoms with van der Waals surface area (Å²) < 4.78 is 0. The van der Waals surface area contributed by atoms with Crippen molar-refractivity contribution in [3.63, 3.8) is 0 Å². The first-order chi connectivity index (χ1) is 6.90.